The fourth-order valence-electron chi connectivity index (χ4n) is 2.53. The van der Waals surface area contributed by atoms with E-state index in [1.807, 2.05) is 6.92 Å². The highest BCUT2D eigenvalue weighted by Crippen LogP contribution is 2.30. The summed E-state index contributed by atoms with van der Waals surface area (Å²) in [4.78, 5) is 0. The van der Waals surface area contributed by atoms with Crippen molar-refractivity contribution in [2.24, 2.45) is 5.92 Å². The van der Waals surface area contributed by atoms with Crippen molar-refractivity contribution < 1.29 is 8.42 Å². The smallest absolute Gasteiger partial charge is 0.282 e. The molecule has 6 heteroatoms. The van der Waals surface area contributed by atoms with Gasteiger partial charge in [-0.15, -0.1) is 0 Å². The average Bonchev–Trinajstić information content (AvgIpc) is 2.98. The summed E-state index contributed by atoms with van der Waals surface area (Å²) >= 11 is 0. The van der Waals surface area contributed by atoms with Gasteiger partial charge < -0.3 is 5.32 Å². The van der Waals surface area contributed by atoms with Gasteiger partial charge in [0.2, 0.25) is 0 Å². The zero-order chi connectivity index (χ0) is 13.2. The molecule has 1 saturated heterocycles. The molecule has 0 aromatic heterocycles. The largest absolute Gasteiger partial charge is 0.315 e. The van der Waals surface area contributed by atoms with E-state index < -0.39 is 10.2 Å². The second kappa shape index (κ2) is 5.86. The summed E-state index contributed by atoms with van der Waals surface area (Å²) < 4.78 is 28.4. The standard InChI is InChI=1S/C12H25N3O2S/c1-3-8-15(12-6-7-13-9-12)18(16,17)14(2)10-11-4-5-11/h11-13H,3-10H2,1-2H3. The van der Waals surface area contributed by atoms with Gasteiger partial charge in [-0.25, -0.2) is 0 Å². The third-order valence-electron chi connectivity index (χ3n) is 3.79. The summed E-state index contributed by atoms with van der Waals surface area (Å²) in [6, 6.07) is 0.136. The lowest BCUT2D eigenvalue weighted by Gasteiger charge is -2.31. The number of rotatable bonds is 7. The van der Waals surface area contributed by atoms with Crippen LogP contribution in [0.15, 0.2) is 0 Å². The summed E-state index contributed by atoms with van der Waals surface area (Å²) in [7, 11) is -1.55. The molecule has 1 unspecified atom stereocenters. The number of hydrogen-bond acceptors (Lipinski definition) is 3. The van der Waals surface area contributed by atoms with Gasteiger partial charge in [-0.05, 0) is 38.1 Å². The van der Waals surface area contributed by atoms with Gasteiger partial charge in [-0.3, -0.25) is 0 Å². The Hall–Kier alpha value is -0.170. The second-order valence-electron chi connectivity index (χ2n) is 5.49. The van der Waals surface area contributed by atoms with Crippen molar-refractivity contribution in [2.75, 3.05) is 33.2 Å². The minimum absolute atomic E-state index is 0.136. The first kappa shape index (κ1) is 14.2. The molecular weight excluding hydrogens is 250 g/mol. The van der Waals surface area contributed by atoms with Gasteiger partial charge in [0.1, 0.15) is 0 Å². The maximum atomic E-state index is 12.6. The van der Waals surface area contributed by atoms with Crippen molar-refractivity contribution in [3.8, 4) is 0 Å². The van der Waals surface area contributed by atoms with E-state index in [-0.39, 0.29) is 6.04 Å². The predicted octanol–water partition coefficient (Wildman–Crippen LogP) is 0.647. The van der Waals surface area contributed by atoms with Crippen LogP contribution in [0, 0.1) is 5.92 Å². The first-order chi connectivity index (χ1) is 8.55. The fraction of sp³-hybridized carbons (Fsp3) is 1.00. The van der Waals surface area contributed by atoms with Gasteiger partial charge in [0.05, 0.1) is 0 Å². The van der Waals surface area contributed by atoms with Crippen molar-refractivity contribution in [3.63, 3.8) is 0 Å². The Morgan fingerprint density at radius 1 is 1.28 bits per heavy atom. The summed E-state index contributed by atoms with van der Waals surface area (Å²) in [5.41, 5.74) is 0. The lowest BCUT2D eigenvalue weighted by Crippen LogP contribution is -2.48. The number of nitrogens with zero attached hydrogens (tertiary/aromatic N) is 2. The molecule has 1 saturated carbocycles. The molecule has 2 fully saturated rings. The minimum atomic E-state index is -3.28. The van der Waals surface area contributed by atoms with Gasteiger partial charge in [-0.1, -0.05) is 6.92 Å². The van der Waals surface area contributed by atoms with Crippen LogP contribution in [-0.2, 0) is 10.2 Å². The topological polar surface area (TPSA) is 52.7 Å². The molecule has 0 spiro atoms. The Morgan fingerprint density at radius 3 is 2.50 bits per heavy atom. The van der Waals surface area contributed by atoms with Crippen LogP contribution < -0.4 is 5.32 Å². The molecule has 1 N–H and O–H groups in total. The van der Waals surface area contributed by atoms with Crippen LogP contribution in [0.3, 0.4) is 0 Å². The Bertz CT molecular complexity index is 362. The molecule has 0 radical (unpaired) electrons. The van der Waals surface area contributed by atoms with Crippen LogP contribution in [0.2, 0.25) is 0 Å². The van der Waals surface area contributed by atoms with E-state index in [0.717, 1.165) is 25.9 Å². The minimum Gasteiger partial charge on any atom is -0.315 e. The summed E-state index contributed by atoms with van der Waals surface area (Å²) in [6.07, 6.45) is 4.15. The number of nitrogens with one attached hydrogen (secondary N) is 1. The van der Waals surface area contributed by atoms with Gasteiger partial charge in [0.15, 0.2) is 0 Å². The molecule has 1 heterocycles. The Morgan fingerprint density at radius 2 is 2.00 bits per heavy atom. The average molecular weight is 275 g/mol. The van der Waals surface area contributed by atoms with E-state index in [1.54, 1.807) is 15.7 Å². The van der Waals surface area contributed by atoms with Crippen LogP contribution in [0.4, 0.5) is 0 Å². The molecule has 1 aliphatic heterocycles. The Labute approximate surface area is 111 Å². The van der Waals surface area contributed by atoms with Crippen molar-refractivity contribution in [1.29, 1.82) is 0 Å². The normalized spacial score (nSPS) is 25.2. The first-order valence-electron chi connectivity index (χ1n) is 6.99. The molecule has 18 heavy (non-hydrogen) atoms. The van der Waals surface area contributed by atoms with Gasteiger partial charge in [-0.2, -0.15) is 17.0 Å². The summed E-state index contributed by atoms with van der Waals surface area (Å²) in [6.45, 7) is 5.06. The zero-order valence-corrected chi connectivity index (χ0v) is 12.2. The first-order valence-corrected chi connectivity index (χ1v) is 8.39. The van der Waals surface area contributed by atoms with Gasteiger partial charge >= 0.3 is 0 Å². The molecule has 2 aliphatic rings. The molecular formula is C12H25N3O2S. The predicted molar refractivity (Wildman–Crippen MR) is 72.5 cm³/mol. The van der Waals surface area contributed by atoms with Crippen molar-refractivity contribution in [1.82, 2.24) is 13.9 Å². The molecule has 2 rings (SSSR count). The van der Waals surface area contributed by atoms with Gasteiger partial charge in [0.25, 0.3) is 10.2 Å². The quantitative estimate of drug-likeness (QED) is 0.742. The number of hydrogen-bond donors (Lipinski definition) is 1. The van der Waals surface area contributed by atoms with Crippen LogP contribution in [0.25, 0.3) is 0 Å². The van der Waals surface area contributed by atoms with E-state index in [0.29, 0.717) is 19.0 Å². The van der Waals surface area contributed by atoms with Crippen LogP contribution in [-0.4, -0.2) is 56.3 Å². The van der Waals surface area contributed by atoms with E-state index >= 15 is 0 Å². The molecule has 1 aliphatic carbocycles. The molecule has 5 nitrogen and oxygen atoms in total. The van der Waals surface area contributed by atoms with E-state index in [4.69, 9.17) is 0 Å². The van der Waals surface area contributed by atoms with E-state index in [9.17, 15) is 8.42 Å². The van der Waals surface area contributed by atoms with Crippen LogP contribution in [0.5, 0.6) is 0 Å². The zero-order valence-electron chi connectivity index (χ0n) is 11.4. The molecule has 0 bridgehead atoms. The third kappa shape index (κ3) is 3.23. The fourth-order valence-corrected chi connectivity index (χ4v) is 4.26. The molecule has 0 aromatic carbocycles. The van der Waals surface area contributed by atoms with Crippen LogP contribution >= 0.6 is 0 Å². The van der Waals surface area contributed by atoms with Crippen molar-refractivity contribution in [3.05, 3.63) is 0 Å². The maximum absolute atomic E-state index is 12.6. The molecule has 106 valence electrons. The monoisotopic (exact) mass is 275 g/mol. The van der Waals surface area contributed by atoms with Crippen LogP contribution in [0.1, 0.15) is 32.6 Å². The SMILES string of the molecule is CCCN(C1CCNC1)S(=O)(=O)N(C)CC1CC1. The molecule has 1 atom stereocenters. The van der Waals surface area contributed by atoms with Crippen molar-refractivity contribution >= 4 is 10.2 Å². The maximum Gasteiger partial charge on any atom is 0.282 e. The highest BCUT2D eigenvalue weighted by molar-refractivity contribution is 7.86. The lowest BCUT2D eigenvalue weighted by molar-refractivity contribution is 0.301. The second-order valence-corrected chi connectivity index (χ2v) is 7.48. The lowest BCUT2D eigenvalue weighted by atomic mass is 10.2. The Balaban J connectivity index is 2.05. The summed E-state index contributed by atoms with van der Waals surface area (Å²) in [5.74, 6) is 0.593. The molecule has 0 aromatic rings. The molecule has 0 amide bonds. The summed E-state index contributed by atoms with van der Waals surface area (Å²) in [5, 5.41) is 3.25. The highest BCUT2D eigenvalue weighted by Gasteiger charge is 2.36. The van der Waals surface area contributed by atoms with E-state index in [2.05, 4.69) is 5.32 Å². The third-order valence-corrected chi connectivity index (χ3v) is 5.80. The Kier molecular flexibility index (Phi) is 4.64. The van der Waals surface area contributed by atoms with Gasteiger partial charge in [0, 0.05) is 32.7 Å². The van der Waals surface area contributed by atoms with E-state index in [1.165, 1.54) is 12.8 Å². The van der Waals surface area contributed by atoms with Crippen molar-refractivity contribution in [2.45, 2.75) is 38.6 Å². The highest BCUT2D eigenvalue weighted by atomic mass is 32.2.